The van der Waals surface area contributed by atoms with Crippen LogP contribution in [0.15, 0.2) is 53.5 Å². The first-order valence-electron chi connectivity index (χ1n) is 6.97. The second-order valence-electron chi connectivity index (χ2n) is 4.96. The Bertz CT molecular complexity index is 964. The monoisotopic (exact) mass is 307 g/mol. The summed E-state index contributed by atoms with van der Waals surface area (Å²) in [6.07, 6.45) is 1.60. The molecule has 2 heterocycles. The van der Waals surface area contributed by atoms with E-state index in [1.54, 1.807) is 42.6 Å². The quantitative estimate of drug-likeness (QED) is 0.767. The average Bonchev–Trinajstić information content (AvgIpc) is 2.89. The van der Waals surface area contributed by atoms with E-state index in [-0.39, 0.29) is 24.7 Å². The molecule has 3 rings (SSSR count). The van der Waals surface area contributed by atoms with Crippen molar-refractivity contribution in [3.8, 4) is 6.07 Å². The highest BCUT2D eigenvalue weighted by Gasteiger charge is 2.10. The van der Waals surface area contributed by atoms with Gasteiger partial charge in [0.15, 0.2) is 5.65 Å². The van der Waals surface area contributed by atoms with Crippen LogP contribution in [-0.2, 0) is 17.9 Å². The third kappa shape index (κ3) is 3.11. The van der Waals surface area contributed by atoms with Gasteiger partial charge in [0.2, 0.25) is 5.91 Å². The van der Waals surface area contributed by atoms with Gasteiger partial charge in [-0.05, 0) is 29.8 Å². The van der Waals surface area contributed by atoms with E-state index >= 15 is 0 Å². The van der Waals surface area contributed by atoms with Crippen molar-refractivity contribution in [2.75, 3.05) is 0 Å². The minimum atomic E-state index is -0.359. The van der Waals surface area contributed by atoms with Gasteiger partial charge in [0.25, 0.3) is 0 Å². The van der Waals surface area contributed by atoms with Crippen LogP contribution in [-0.4, -0.2) is 20.1 Å². The number of nitrogens with one attached hydrogen (secondary N) is 1. The maximum Gasteiger partial charge on any atom is 0.350 e. The van der Waals surface area contributed by atoms with Crippen LogP contribution in [0.5, 0.6) is 0 Å². The Morgan fingerprint density at radius 3 is 2.91 bits per heavy atom. The predicted molar refractivity (Wildman–Crippen MR) is 82.5 cm³/mol. The minimum absolute atomic E-state index is 0.154. The van der Waals surface area contributed by atoms with E-state index in [2.05, 4.69) is 10.4 Å². The molecule has 0 saturated carbocycles. The van der Waals surface area contributed by atoms with E-state index in [9.17, 15) is 9.59 Å². The minimum Gasteiger partial charge on any atom is -0.350 e. The molecule has 0 radical (unpaired) electrons. The summed E-state index contributed by atoms with van der Waals surface area (Å²) in [5.41, 5.74) is 1.49. The number of aromatic nitrogens is 3. The van der Waals surface area contributed by atoms with Crippen molar-refractivity contribution in [1.82, 2.24) is 19.5 Å². The lowest BCUT2D eigenvalue weighted by Gasteiger charge is -2.05. The van der Waals surface area contributed by atoms with Gasteiger partial charge in [0, 0.05) is 12.7 Å². The lowest BCUT2D eigenvalue weighted by atomic mass is 10.1. The molecule has 0 bridgehead atoms. The third-order valence-electron chi connectivity index (χ3n) is 3.33. The number of nitriles is 1. The zero-order valence-electron chi connectivity index (χ0n) is 12.1. The maximum atomic E-state index is 12.1. The standard InChI is InChI=1S/C16H13N5O2/c17-9-12-4-3-5-13(8-12)10-18-15(22)11-21-16(23)20-7-2-1-6-14(20)19-21/h1-8H,10-11H2,(H,18,22). The van der Waals surface area contributed by atoms with Gasteiger partial charge in [0.1, 0.15) is 6.54 Å². The molecule has 7 nitrogen and oxygen atoms in total. The average molecular weight is 307 g/mol. The summed E-state index contributed by atoms with van der Waals surface area (Å²) >= 11 is 0. The third-order valence-corrected chi connectivity index (χ3v) is 3.33. The van der Waals surface area contributed by atoms with Crippen LogP contribution >= 0.6 is 0 Å². The van der Waals surface area contributed by atoms with Gasteiger partial charge in [-0.25, -0.2) is 9.48 Å². The number of fused-ring (bicyclic) bond motifs is 1. The van der Waals surface area contributed by atoms with Crippen LogP contribution < -0.4 is 11.0 Å². The Balaban J connectivity index is 1.68. The smallest absolute Gasteiger partial charge is 0.350 e. The van der Waals surface area contributed by atoms with Gasteiger partial charge >= 0.3 is 5.69 Å². The molecule has 0 aliphatic heterocycles. The number of hydrogen-bond acceptors (Lipinski definition) is 4. The van der Waals surface area contributed by atoms with Crippen molar-refractivity contribution < 1.29 is 4.79 Å². The number of carbonyl (C=O) groups is 1. The van der Waals surface area contributed by atoms with E-state index in [0.717, 1.165) is 10.2 Å². The number of benzene rings is 1. The Hall–Kier alpha value is -3.40. The van der Waals surface area contributed by atoms with E-state index in [4.69, 9.17) is 5.26 Å². The zero-order valence-corrected chi connectivity index (χ0v) is 12.1. The predicted octanol–water partition coefficient (Wildman–Crippen LogP) is 0.684. The summed E-state index contributed by atoms with van der Waals surface area (Å²) in [6.45, 7) is 0.134. The number of nitrogens with zero attached hydrogens (tertiary/aromatic N) is 4. The number of pyridine rings is 1. The number of carbonyl (C=O) groups excluding carboxylic acids is 1. The molecule has 1 N–H and O–H groups in total. The first kappa shape index (κ1) is 14.5. The van der Waals surface area contributed by atoms with E-state index in [0.29, 0.717) is 11.2 Å². The van der Waals surface area contributed by atoms with Crippen LogP contribution in [0, 0.1) is 11.3 Å². The lowest BCUT2D eigenvalue weighted by molar-refractivity contribution is -0.122. The van der Waals surface area contributed by atoms with Crippen molar-refractivity contribution in [1.29, 1.82) is 5.26 Å². The fraction of sp³-hybridized carbons (Fsp3) is 0.125. The normalized spacial score (nSPS) is 10.4. The highest BCUT2D eigenvalue weighted by Crippen LogP contribution is 2.03. The van der Waals surface area contributed by atoms with Crippen molar-refractivity contribution in [2.24, 2.45) is 0 Å². The SMILES string of the molecule is N#Cc1cccc(CNC(=O)Cn2nc3ccccn3c2=O)c1. The molecule has 2 aromatic heterocycles. The van der Waals surface area contributed by atoms with Crippen molar-refractivity contribution in [3.63, 3.8) is 0 Å². The fourth-order valence-electron chi connectivity index (χ4n) is 2.21. The number of hydrogen-bond donors (Lipinski definition) is 1. The van der Waals surface area contributed by atoms with Gasteiger partial charge in [-0.1, -0.05) is 18.2 Å². The molecular formula is C16H13N5O2. The molecule has 3 aromatic rings. The van der Waals surface area contributed by atoms with Crippen LogP contribution in [0.4, 0.5) is 0 Å². The first-order valence-corrected chi connectivity index (χ1v) is 6.97. The second kappa shape index (κ2) is 6.15. The molecule has 0 fully saturated rings. The van der Waals surface area contributed by atoms with Gasteiger partial charge < -0.3 is 5.32 Å². The summed E-state index contributed by atoms with van der Waals surface area (Å²) < 4.78 is 2.50. The molecular weight excluding hydrogens is 294 g/mol. The van der Waals surface area contributed by atoms with E-state index in [1.165, 1.54) is 4.40 Å². The van der Waals surface area contributed by atoms with Gasteiger partial charge in [-0.3, -0.25) is 9.20 Å². The van der Waals surface area contributed by atoms with E-state index < -0.39 is 0 Å². The Morgan fingerprint density at radius 1 is 1.26 bits per heavy atom. The lowest BCUT2D eigenvalue weighted by Crippen LogP contribution is -2.32. The Morgan fingerprint density at radius 2 is 2.13 bits per heavy atom. The summed E-state index contributed by atoms with van der Waals surface area (Å²) in [5.74, 6) is -0.321. The van der Waals surface area contributed by atoms with Crippen LogP contribution in [0.1, 0.15) is 11.1 Å². The van der Waals surface area contributed by atoms with Crippen LogP contribution in [0.2, 0.25) is 0 Å². The van der Waals surface area contributed by atoms with Gasteiger partial charge in [0.05, 0.1) is 11.6 Å². The topological polar surface area (TPSA) is 92.2 Å². The largest absolute Gasteiger partial charge is 0.350 e. The maximum absolute atomic E-state index is 12.1. The number of rotatable bonds is 4. The Labute approximate surface area is 131 Å². The van der Waals surface area contributed by atoms with Crippen LogP contribution in [0.3, 0.4) is 0 Å². The molecule has 0 atom stereocenters. The second-order valence-corrected chi connectivity index (χ2v) is 4.96. The molecule has 0 unspecified atom stereocenters. The van der Waals surface area contributed by atoms with Gasteiger partial charge in [-0.2, -0.15) is 5.26 Å². The number of amides is 1. The fourth-order valence-corrected chi connectivity index (χ4v) is 2.21. The van der Waals surface area contributed by atoms with Crippen LogP contribution in [0.25, 0.3) is 5.65 Å². The molecule has 0 aliphatic carbocycles. The van der Waals surface area contributed by atoms with Crippen molar-refractivity contribution in [2.45, 2.75) is 13.1 Å². The summed E-state index contributed by atoms with van der Waals surface area (Å²) in [6, 6.07) is 14.2. The molecule has 0 aliphatic rings. The Kier molecular flexibility index (Phi) is 3.89. The molecule has 1 aromatic carbocycles. The summed E-state index contributed by atoms with van der Waals surface area (Å²) in [5, 5.41) is 15.7. The molecule has 23 heavy (non-hydrogen) atoms. The van der Waals surface area contributed by atoms with E-state index in [1.807, 2.05) is 12.1 Å². The molecule has 0 spiro atoms. The molecule has 1 amide bonds. The highest BCUT2D eigenvalue weighted by molar-refractivity contribution is 5.75. The first-order chi connectivity index (χ1) is 11.2. The van der Waals surface area contributed by atoms with Crippen molar-refractivity contribution >= 4 is 11.6 Å². The molecule has 0 saturated heterocycles. The highest BCUT2D eigenvalue weighted by atomic mass is 16.2. The van der Waals surface area contributed by atoms with Gasteiger partial charge in [-0.15, -0.1) is 5.10 Å². The zero-order chi connectivity index (χ0) is 16.2. The summed E-state index contributed by atoms with van der Waals surface area (Å²) in [7, 11) is 0. The molecule has 114 valence electrons. The summed E-state index contributed by atoms with van der Waals surface area (Å²) in [4.78, 5) is 24.1. The van der Waals surface area contributed by atoms with Crippen molar-refractivity contribution in [3.05, 3.63) is 70.3 Å². The molecule has 7 heteroatoms.